The summed E-state index contributed by atoms with van der Waals surface area (Å²) < 4.78 is 6.75. The fourth-order valence-corrected chi connectivity index (χ4v) is 3.81. The summed E-state index contributed by atoms with van der Waals surface area (Å²) in [5.41, 5.74) is 3.87. The lowest BCUT2D eigenvalue weighted by Crippen LogP contribution is -2.14. The van der Waals surface area contributed by atoms with E-state index in [1.165, 1.54) is 11.3 Å². The van der Waals surface area contributed by atoms with Crippen LogP contribution in [0.5, 0.6) is 0 Å². The molecule has 4 aromatic rings. The Balaban J connectivity index is 1.68. The molecule has 0 saturated heterocycles. The van der Waals surface area contributed by atoms with Gasteiger partial charge in [-0.1, -0.05) is 24.3 Å². The number of hydrogen-bond acceptors (Lipinski definition) is 6. The third kappa shape index (κ3) is 4.39. The fraction of sp³-hybridized carbons (Fsp3) is 0.130. The van der Waals surface area contributed by atoms with Crippen LogP contribution in [0, 0.1) is 6.92 Å². The molecule has 8 heteroatoms. The lowest BCUT2D eigenvalue weighted by molar-refractivity contribution is 0.104. The highest BCUT2D eigenvalue weighted by molar-refractivity contribution is 7.12. The lowest BCUT2D eigenvalue weighted by Gasteiger charge is -2.10. The number of thiophene rings is 1. The van der Waals surface area contributed by atoms with Gasteiger partial charge in [-0.2, -0.15) is 5.10 Å². The molecule has 0 aliphatic rings. The van der Waals surface area contributed by atoms with E-state index in [1.54, 1.807) is 28.9 Å². The standard InChI is InChI=1S/C23H20N4O3S/c1-3-4-10-30-23(29)26-17-8-5-7-16(13-17)19-12-15(2)25-22-18(14-24-27(19)22)21(28)20-9-6-11-31-20/h3,5-9,11-14H,1,4,10H2,2H3,(H,26,29). The molecule has 0 radical (unpaired) electrons. The third-order valence-corrected chi connectivity index (χ3v) is 5.42. The van der Waals surface area contributed by atoms with Crippen LogP contribution in [0.1, 0.15) is 27.3 Å². The summed E-state index contributed by atoms with van der Waals surface area (Å²) in [6.07, 6.45) is 3.30. The summed E-state index contributed by atoms with van der Waals surface area (Å²) in [4.78, 5) is 30.0. The van der Waals surface area contributed by atoms with Crippen LogP contribution in [-0.4, -0.2) is 33.1 Å². The van der Waals surface area contributed by atoms with Gasteiger partial charge in [-0.05, 0) is 43.0 Å². The van der Waals surface area contributed by atoms with E-state index < -0.39 is 6.09 Å². The number of nitrogens with zero attached hydrogens (tertiary/aromatic N) is 3. The van der Waals surface area contributed by atoms with Gasteiger partial charge >= 0.3 is 6.09 Å². The lowest BCUT2D eigenvalue weighted by atomic mass is 10.1. The van der Waals surface area contributed by atoms with E-state index >= 15 is 0 Å². The maximum atomic E-state index is 12.9. The summed E-state index contributed by atoms with van der Waals surface area (Å²) in [5, 5.41) is 9.01. The predicted molar refractivity (Wildman–Crippen MR) is 121 cm³/mol. The van der Waals surface area contributed by atoms with E-state index in [0.717, 1.165) is 17.0 Å². The molecule has 0 fully saturated rings. The fourth-order valence-electron chi connectivity index (χ4n) is 3.14. The van der Waals surface area contributed by atoms with Crippen LogP contribution in [0.25, 0.3) is 16.9 Å². The first-order valence-electron chi connectivity index (χ1n) is 9.65. The topological polar surface area (TPSA) is 85.6 Å². The van der Waals surface area contributed by atoms with Crippen LogP contribution in [0.2, 0.25) is 0 Å². The number of rotatable bonds is 7. The predicted octanol–water partition coefficient (Wildman–Crippen LogP) is 5.12. The molecule has 1 aromatic carbocycles. The minimum absolute atomic E-state index is 0.105. The van der Waals surface area contributed by atoms with E-state index in [4.69, 9.17) is 4.74 Å². The van der Waals surface area contributed by atoms with E-state index in [1.807, 2.05) is 42.6 Å². The van der Waals surface area contributed by atoms with Crippen molar-refractivity contribution in [3.63, 3.8) is 0 Å². The molecule has 0 aliphatic heterocycles. The number of carbonyl (C=O) groups is 2. The number of ether oxygens (including phenoxy) is 1. The minimum atomic E-state index is -0.530. The Morgan fingerprint density at radius 3 is 2.90 bits per heavy atom. The first-order valence-corrected chi connectivity index (χ1v) is 10.5. The zero-order chi connectivity index (χ0) is 21.8. The van der Waals surface area contributed by atoms with Crippen LogP contribution in [0.3, 0.4) is 0 Å². The molecule has 0 bridgehead atoms. The second-order valence-corrected chi connectivity index (χ2v) is 7.75. The quantitative estimate of drug-likeness (QED) is 0.249. The summed E-state index contributed by atoms with van der Waals surface area (Å²) in [6, 6.07) is 12.9. The number of fused-ring (bicyclic) bond motifs is 1. The van der Waals surface area contributed by atoms with Gasteiger partial charge in [0.15, 0.2) is 5.65 Å². The molecule has 3 heterocycles. The van der Waals surface area contributed by atoms with Crippen molar-refractivity contribution in [1.29, 1.82) is 0 Å². The van der Waals surface area contributed by atoms with Crippen LogP contribution in [-0.2, 0) is 4.74 Å². The highest BCUT2D eigenvalue weighted by Gasteiger charge is 2.19. The zero-order valence-electron chi connectivity index (χ0n) is 16.9. The van der Waals surface area contributed by atoms with Gasteiger partial charge in [-0.3, -0.25) is 10.1 Å². The number of anilines is 1. The molecule has 0 unspecified atom stereocenters. The molecular weight excluding hydrogens is 412 g/mol. The maximum absolute atomic E-state index is 12.9. The number of ketones is 1. The first kappa shape index (κ1) is 20.5. The van der Waals surface area contributed by atoms with Crippen molar-refractivity contribution < 1.29 is 14.3 Å². The van der Waals surface area contributed by atoms with Gasteiger partial charge in [-0.15, -0.1) is 17.9 Å². The van der Waals surface area contributed by atoms with E-state index in [-0.39, 0.29) is 12.4 Å². The number of hydrogen-bond donors (Lipinski definition) is 1. The molecule has 4 rings (SSSR count). The molecule has 7 nitrogen and oxygen atoms in total. The summed E-state index contributed by atoms with van der Waals surface area (Å²) >= 11 is 1.39. The van der Waals surface area contributed by atoms with Gasteiger partial charge < -0.3 is 4.74 Å². The van der Waals surface area contributed by atoms with Crippen molar-refractivity contribution in [2.24, 2.45) is 0 Å². The van der Waals surface area contributed by atoms with Crippen LogP contribution >= 0.6 is 11.3 Å². The second kappa shape index (κ2) is 8.93. The molecule has 1 amide bonds. The second-order valence-electron chi connectivity index (χ2n) is 6.80. The van der Waals surface area contributed by atoms with Crippen molar-refractivity contribution in [2.75, 3.05) is 11.9 Å². The smallest absolute Gasteiger partial charge is 0.411 e. The number of aryl methyl sites for hydroxylation is 1. The Kier molecular flexibility index (Phi) is 5.90. The number of aromatic nitrogens is 3. The average molecular weight is 433 g/mol. The summed E-state index contributed by atoms with van der Waals surface area (Å²) in [5.74, 6) is -0.105. The Labute approximate surface area is 183 Å². The van der Waals surface area contributed by atoms with Gasteiger partial charge in [0.1, 0.15) is 0 Å². The number of benzene rings is 1. The van der Waals surface area contributed by atoms with E-state index in [0.29, 0.717) is 28.2 Å². The summed E-state index contributed by atoms with van der Waals surface area (Å²) in [6.45, 7) is 5.74. The Bertz CT molecular complexity index is 1260. The van der Waals surface area contributed by atoms with Gasteiger partial charge in [0.25, 0.3) is 0 Å². The Morgan fingerprint density at radius 2 is 2.13 bits per heavy atom. The van der Waals surface area contributed by atoms with Crippen LogP contribution in [0.15, 0.2) is 66.7 Å². The molecule has 0 aliphatic carbocycles. The zero-order valence-corrected chi connectivity index (χ0v) is 17.7. The van der Waals surface area contributed by atoms with Gasteiger partial charge in [-0.25, -0.2) is 14.3 Å². The van der Waals surface area contributed by atoms with Crippen molar-refractivity contribution in [2.45, 2.75) is 13.3 Å². The Hall–Kier alpha value is -3.78. The van der Waals surface area contributed by atoms with Crippen molar-refractivity contribution >= 4 is 34.5 Å². The molecule has 3 aromatic heterocycles. The third-order valence-electron chi connectivity index (χ3n) is 4.55. The number of amides is 1. The van der Waals surface area contributed by atoms with Gasteiger partial charge in [0.05, 0.1) is 28.9 Å². The number of nitrogens with one attached hydrogen (secondary N) is 1. The summed E-state index contributed by atoms with van der Waals surface area (Å²) in [7, 11) is 0. The Morgan fingerprint density at radius 1 is 1.26 bits per heavy atom. The van der Waals surface area contributed by atoms with Crippen LogP contribution < -0.4 is 5.32 Å². The van der Waals surface area contributed by atoms with Gasteiger partial charge in [0, 0.05) is 16.9 Å². The SMILES string of the molecule is C=CCCOC(=O)Nc1cccc(-c2cc(C)nc3c(C(=O)c4cccs4)cnn23)c1. The monoisotopic (exact) mass is 432 g/mol. The van der Waals surface area contributed by atoms with Crippen molar-refractivity contribution in [1.82, 2.24) is 14.6 Å². The molecule has 31 heavy (non-hydrogen) atoms. The average Bonchev–Trinajstić information content (AvgIpc) is 3.43. The normalized spacial score (nSPS) is 10.7. The van der Waals surface area contributed by atoms with Crippen molar-refractivity contribution in [3.8, 4) is 11.3 Å². The highest BCUT2D eigenvalue weighted by atomic mass is 32.1. The largest absolute Gasteiger partial charge is 0.449 e. The molecule has 1 N–H and O–H groups in total. The minimum Gasteiger partial charge on any atom is -0.449 e. The molecule has 156 valence electrons. The molecule has 0 saturated carbocycles. The first-order chi connectivity index (χ1) is 15.1. The van der Waals surface area contributed by atoms with Crippen molar-refractivity contribution in [3.05, 3.63) is 82.8 Å². The molecule has 0 spiro atoms. The van der Waals surface area contributed by atoms with Gasteiger partial charge in [0.2, 0.25) is 5.78 Å². The highest BCUT2D eigenvalue weighted by Crippen LogP contribution is 2.26. The van der Waals surface area contributed by atoms with E-state index in [9.17, 15) is 9.59 Å². The molecule has 0 atom stereocenters. The molecular formula is C23H20N4O3S. The van der Waals surface area contributed by atoms with E-state index in [2.05, 4.69) is 22.0 Å². The number of carbonyl (C=O) groups excluding carboxylic acids is 2. The maximum Gasteiger partial charge on any atom is 0.411 e. The van der Waals surface area contributed by atoms with Crippen LogP contribution in [0.4, 0.5) is 10.5 Å².